The normalized spacial score (nSPS) is 10.6. The fraction of sp³-hybridized carbons (Fsp3) is 0.273. The minimum Gasteiger partial charge on any atom is -0.502 e. The van der Waals surface area contributed by atoms with Crippen LogP contribution in [0, 0.1) is 12.4 Å². The predicted molar refractivity (Wildman–Crippen MR) is 109 cm³/mol. The largest absolute Gasteiger partial charge is 0.502 e. The molecule has 0 radical (unpaired) electrons. The molecule has 1 heterocycles. The molecule has 0 N–H and O–H groups in total. The Labute approximate surface area is 178 Å². The topological polar surface area (TPSA) is 88.0 Å². The van der Waals surface area contributed by atoms with Crippen molar-refractivity contribution >= 4 is 11.7 Å². The van der Waals surface area contributed by atoms with E-state index < -0.39 is 11.8 Å². The molecule has 0 aliphatic heterocycles. The third kappa shape index (κ3) is 5.36. The average Bonchev–Trinajstić information content (AvgIpc) is 3.22. The van der Waals surface area contributed by atoms with Crippen molar-refractivity contribution in [1.29, 1.82) is 0 Å². The molecule has 0 bridgehead atoms. The van der Waals surface area contributed by atoms with Gasteiger partial charge in [0.2, 0.25) is 11.5 Å². The Morgan fingerprint density at radius 2 is 2.06 bits per heavy atom. The number of ether oxygens (including phenoxy) is 3. The highest BCUT2D eigenvalue weighted by Gasteiger charge is 2.17. The van der Waals surface area contributed by atoms with E-state index in [1.807, 2.05) is 13.8 Å². The van der Waals surface area contributed by atoms with Crippen LogP contribution in [0.1, 0.15) is 20.8 Å². The average molecular weight is 425 g/mol. The van der Waals surface area contributed by atoms with Crippen molar-refractivity contribution < 1.29 is 27.9 Å². The molecule has 0 saturated heterocycles. The van der Waals surface area contributed by atoms with Crippen molar-refractivity contribution in [1.82, 2.24) is 10.1 Å². The molecule has 0 spiro atoms. The lowest BCUT2D eigenvalue weighted by atomic mass is 10.1. The molecule has 0 saturated carbocycles. The van der Waals surface area contributed by atoms with Crippen LogP contribution in [0.15, 0.2) is 40.9 Å². The summed E-state index contributed by atoms with van der Waals surface area (Å²) < 4.78 is 35.4. The first-order valence-electron chi connectivity index (χ1n) is 9.51. The molecule has 3 aromatic rings. The van der Waals surface area contributed by atoms with Gasteiger partial charge in [0.25, 0.3) is 5.89 Å². The molecule has 31 heavy (non-hydrogen) atoms. The van der Waals surface area contributed by atoms with E-state index >= 15 is 0 Å². The zero-order valence-corrected chi connectivity index (χ0v) is 17.2. The molecule has 0 unspecified atom stereocenters. The molecule has 0 aliphatic rings. The third-order valence-corrected chi connectivity index (χ3v) is 3.96. The smallest absolute Gasteiger partial charge is 0.344 e. The third-order valence-electron chi connectivity index (χ3n) is 3.96. The summed E-state index contributed by atoms with van der Waals surface area (Å²) in [6.45, 7) is 12.7. The number of halogens is 1. The highest BCUT2D eigenvalue weighted by atomic mass is 19.1. The van der Waals surface area contributed by atoms with Crippen molar-refractivity contribution in [3.63, 3.8) is 0 Å². The number of hydrogen-bond acceptors (Lipinski definition) is 7. The predicted octanol–water partition coefficient (Wildman–Crippen LogP) is 4.82. The van der Waals surface area contributed by atoms with Crippen LogP contribution >= 0.6 is 0 Å². The quantitative estimate of drug-likeness (QED) is 0.378. The van der Waals surface area contributed by atoms with Gasteiger partial charge in [0, 0.05) is 11.6 Å². The minimum atomic E-state index is -0.642. The zero-order valence-electron chi connectivity index (χ0n) is 17.2. The Kier molecular flexibility index (Phi) is 6.82. The van der Waals surface area contributed by atoms with Crippen molar-refractivity contribution in [2.75, 3.05) is 13.2 Å². The summed E-state index contributed by atoms with van der Waals surface area (Å²) in [6.07, 6.45) is -0.0754. The number of rotatable bonds is 8. The summed E-state index contributed by atoms with van der Waals surface area (Å²) >= 11 is 0. The van der Waals surface area contributed by atoms with E-state index in [9.17, 15) is 9.18 Å². The number of esters is 1. The number of benzene rings is 2. The Balaban J connectivity index is 1.79. The number of hydrogen-bond donors (Lipinski definition) is 0. The summed E-state index contributed by atoms with van der Waals surface area (Å²) in [7, 11) is 0. The maximum Gasteiger partial charge on any atom is 0.344 e. The van der Waals surface area contributed by atoms with E-state index in [1.165, 1.54) is 12.1 Å². The molecular formula is C22H20FN3O5. The molecule has 3 rings (SSSR count). The summed E-state index contributed by atoms with van der Waals surface area (Å²) in [5.41, 5.74) is 0.916. The van der Waals surface area contributed by atoms with Crippen LogP contribution in [0.2, 0.25) is 0 Å². The van der Waals surface area contributed by atoms with Crippen LogP contribution in [-0.2, 0) is 9.53 Å². The molecule has 160 valence electrons. The molecule has 0 amide bonds. The van der Waals surface area contributed by atoms with Gasteiger partial charge in [-0.05, 0) is 51.1 Å². The summed E-state index contributed by atoms with van der Waals surface area (Å²) in [5.74, 6) is -0.387. The van der Waals surface area contributed by atoms with Gasteiger partial charge in [0.05, 0.1) is 24.8 Å². The van der Waals surface area contributed by atoms with Gasteiger partial charge in [0.1, 0.15) is 17.3 Å². The fourth-order valence-corrected chi connectivity index (χ4v) is 2.65. The van der Waals surface area contributed by atoms with Crippen LogP contribution in [0.4, 0.5) is 10.1 Å². The summed E-state index contributed by atoms with van der Waals surface area (Å²) in [4.78, 5) is 19.0. The van der Waals surface area contributed by atoms with Crippen molar-refractivity contribution in [3.8, 4) is 34.3 Å². The lowest BCUT2D eigenvalue weighted by Gasteiger charge is -2.11. The van der Waals surface area contributed by atoms with Gasteiger partial charge < -0.3 is 18.7 Å². The van der Waals surface area contributed by atoms with E-state index in [-0.39, 0.29) is 42.3 Å². The van der Waals surface area contributed by atoms with E-state index in [2.05, 4.69) is 15.0 Å². The van der Waals surface area contributed by atoms with E-state index in [4.69, 9.17) is 25.3 Å². The first-order chi connectivity index (χ1) is 14.9. The Morgan fingerprint density at radius 1 is 1.26 bits per heavy atom. The molecule has 0 atom stereocenters. The van der Waals surface area contributed by atoms with Crippen LogP contribution < -0.4 is 9.47 Å². The molecule has 0 aliphatic carbocycles. The van der Waals surface area contributed by atoms with Crippen molar-refractivity contribution in [2.45, 2.75) is 26.9 Å². The first kappa shape index (κ1) is 21.8. The Hall–Kier alpha value is -3.93. The minimum absolute atomic E-state index is 0.0383. The maximum absolute atomic E-state index is 14.5. The number of carbonyl (C=O) groups excluding carboxylic acids is 1. The fourth-order valence-electron chi connectivity index (χ4n) is 2.65. The molecule has 9 heteroatoms. The molecule has 2 aromatic carbocycles. The molecule has 8 nitrogen and oxygen atoms in total. The first-order valence-corrected chi connectivity index (χ1v) is 9.51. The van der Waals surface area contributed by atoms with E-state index in [0.29, 0.717) is 17.0 Å². The number of aromatic nitrogens is 2. The van der Waals surface area contributed by atoms with Crippen LogP contribution in [-0.4, -0.2) is 35.4 Å². The van der Waals surface area contributed by atoms with Crippen LogP contribution in [0.3, 0.4) is 0 Å². The van der Waals surface area contributed by atoms with E-state index in [0.717, 1.165) is 6.07 Å². The van der Waals surface area contributed by atoms with Gasteiger partial charge in [-0.3, -0.25) is 0 Å². The molecule has 0 fully saturated rings. The Bertz CT molecular complexity index is 1120. The lowest BCUT2D eigenvalue weighted by molar-refractivity contribution is -0.145. The maximum atomic E-state index is 14.5. The standard InChI is InChI=1S/C22H20FN3O5/c1-5-28-20(27)12-29-15-7-8-16(17(23)11-15)21-25-22(31-26-21)14-6-9-19(30-13(2)3)18(10-14)24-4/h6-11,13H,5,12H2,1-3H3. The van der Waals surface area contributed by atoms with E-state index in [1.54, 1.807) is 25.1 Å². The van der Waals surface area contributed by atoms with Crippen molar-refractivity contribution in [2.24, 2.45) is 0 Å². The summed E-state index contributed by atoms with van der Waals surface area (Å²) in [5, 5.41) is 3.83. The second-order valence-electron chi connectivity index (χ2n) is 6.62. The lowest BCUT2D eigenvalue weighted by Crippen LogP contribution is -2.14. The number of nitrogens with zero attached hydrogens (tertiary/aromatic N) is 3. The van der Waals surface area contributed by atoms with Gasteiger partial charge in [0.15, 0.2) is 6.61 Å². The molecular weight excluding hydrogens is 405 g/mol. The van der Waals surface area contributed by atoms with Gasteiger partial charge in [-0.15, -0.1) is 0 Å². The van der Waals surface area contributed by atoms with Crippen molar-refractivity contribution in [3.05, 3.63) is 53.6 Å². The van der Waals surface area contributed by atoms with Crippen LogP contribution in [0.5, 0.6) is 11.5 Å². The highest BCUT2D eigenvalue weighted by Crippen LogP contribution is 2.34. The Morgan fingerprint density at radius 3 is 2.74 bits per heavy atom. The second-order valence-corrected chi connectivity index (χ2v) is 6.62. The zero-order chi connectivity index (χ0) is 22.4. The highest BCUT2D eigenvalue weighted by molar-refractivity contribution is 5.71. The van der Waals surface area contributed by atoms with Gasteiger partial charge in [-0.2, -0.15) is 4.98 Å². The SMILES string of the molecule is [C-]#[N+]c1cc(-c2nc(-c3ccc(OCC(=O)OCC)cc3F)no2)ccc1OC(C)C. The second kappa shape index (κ2) is 9.71. The van der Waals surface area contributed by atoms with Gasteiger partial charge in [-0.25, -0.2) is 14.0 Å². The molecule has 1 aromatic heterocycles. The monoisotopic (exact) mass is 425 g/mol. The number of carbonyl (C=O) groups is 1. The van der Waals surface area contributed by atoms with Gasteiger partial charge in [-0.1, -0.05) is 5.16 Å². The van der Waals surface area contributed by atoms with Crippen LogP contribution in [0.25, 0.3) is 27.7 Å². The summed E-state index contributed by atoms with van der Waals surface area (Å²) in [6, 6.07) is 8.96. The van der Waals surface area contributed by atoms with Gasteiger partial charge >= 0.3 is 5.97 Å².